The normalized spacial score (nSPS) is 10.1. The zero-order valence-electron chi connectivity index (χ0n) is 8.99. The minimum Gasteiger partial charge on any atom is -0.475 e. The lowest BCUT2D eigenvalue weighted by molar-refractivity contribution is 0.108. The maximum Gasteiger partial charge on any atom is 0.218 e. The van der Waals surface area contributed by atoms with Gasteiger partial charge in [0.05, 0.1) is 6.61 Å². The number of hydrazine groups is 1. The Morgan fingerprint density at radius 2 is 2.20 bits per heavy atom. The van der Waals surface area contributed by atoms with Crippen molar-refractivity contribution in [2.45, 2.75) is 13.8 Å². The van der Waals surface area contributed by atoms with Crippen molar-refractivity contribution in [2.75, 3.05) is 25.2 Å². The highest BCUT2D eigenvalue weighted by Crippen LogP contribution is 2.11. The van der Waals surface area contributed by atoms with E-state index >= 15 is 0 Å². The van der Waals surface area contributed by atoms with Gasteiger partial charge in [0.15, 0.2) is 0 Å². The minimum absolute atomic E-state index is 0.467. The largest absolute Gasteiger partial charge is 0.475 e. The Balaban J connectivity index is 2.49. The Bertz CT molecular complexity index is 306. The Hall–Kier alpha value is -1.40. The number of aryl methyl sites for hydroxylation is 1. The number of hydrogen-bond donors (Lipinski definition) is 2. The number of nitrogens with zero attached hydrogens (tertiary/aromatic N) is 2. The molecule has 0 aromatic carbocycles. The second kappa shape index (κ2) is 6.15. The number of anilines is 1. The fourth-order valence-corrected chi connectivity index (χ4v) is 1.04. The van der Waals surface area contributed by atoms with E-state index in [0.29, 0.717) is 37.3 Å². The third kappa shape index (κ3) is 4.09. The highest BCUT2D eigenvalue weighted by atomic mass is 16.5. The highest BCUT2D eigenvalue weighted by molar-refractivity contribution is 5.36. The number of aromatic nitrogens is 2. The molecule has 1 aromatic heterocycles. The van der Waals surface area contributed by atoms with Gasteiger partial charge in [-0.2, -0.15) is 4.98 Å². The van der Waals surface area contributed by atoms with Gasteiger partial charge < -0.3 is 14.9 Å². The van der Waals surface area contributed by atoms with Crippen LogP contribution in [0.3, 0.4) is 0 Å². The van der Waals surface area contributed by atoms with Gasteiger partial charge in [0.2, 0.25) is 5.88 Å². The van der Waals surface area contributed by atoms with Crippen LogP contribution in [0.4, 0.5) is 5.82 Å². The quantitative estimate of drug-likeness (QED) is 0.405. The average Bonchev–Trinajstić information content (AvgIpc) is 2.23. The lowest BCUT2D eigenvalue weighted by Crippen LogP contribution is -2.12. The molecule has 0 aliphatic heterocycles. The monoisotopic (exact) mass is 212 g/mol. The van der Waals surface area contributed by atoms with Gasteiger partial charge in [-0.1, -0.05) is 0 Å². The van der Waals surface area contributed by atoms with Crippen molar-refractivity contribution in [3.63, 3.8) is 0 Å². The fraction of sp³-hybridized carbons (Fsp3) is 0.556. The Labute approximate surface area is 88.8 Å². The number of nitrogen functional groups attached to an aromatic ring is 1. The SMILES string of the molecule is CCOCCOc1cc(NN)nc(C)n1. The van der Waals surface area contributed by atoms with E-state index in [1.807, 2.05) is 6.92 Å². The number of nitrogens with two attached hydrogens (primary N) is 1. The first kappa shape index (κ1) is 11.7. The summed E-state index contributed by atoms with van der Waals surface area (Å²) in [5.41, 5.74) is 2.45. The predicted molar refractivity (Wildman–Crippen MR) is 56.6 cm³/mol. The van der Waals surface area contributed by atoms with Crippen LogP contribution in [0.1, 0.15) is 12.7 Å². The molecule has 1 heterocycles. The maximum absolute atomic E-state index is 5.36. The molecular formula is C9H16N4O2. The second-order valence-corrected chi connectivity index (χ2v) is 2.83. The Morgan fingerprint density at radius 1 is 1.40 bits per heavy atom. The highest BCUT2D eigenvalue weighted by Gasteiger charge is 2.01. The molecule has 1 rings (SSSR count). The molecule has 0 fully saturated rings. The van der Waals surface area contributed by atoms with Gasteiger partial charge in [0.1, 0.15) is 18.2 Å². The van der Waals surface area contributed by atoms with Gasteiger partial charge in [0, 0.05) is 12.7 Å². The van der Waals surface area contributed by atoms with Crippen molar-refractivity contribution in [3.8, 4) is 5.88 Å². The summed E-state index contributed by atoms with van der Waals surface area (Å²) >= 11 is 0. The fourth-order valence-electron chi connectivity index (χ4n) is 1.04. The molecule has 0 bridgehead atoms. The molecule has 6 nitrogen and oxygen atoms in total. The van der Waals surface area contributed by atoms with Gasteiger partial charge >= 0.3 is 0 Å². The predicted octanol–water partition coefficient (Wildman–Crippen LogP) is 0.486. The molecule has 15 heavy (non-hydrogen) atoms. The summed E-state index contributed by atoms with van der Waals surface area (Å²) in [6.45, 7) is 5.41. The molecule has 0 aliphatic rings. The smallest absolute Gasteiger partial charge is 0.218 e. The van der Waals surface area contributed by atoms with E-state index < -0.39 is 0 Å². The van der Waals surface area contributed by atoms with Gasteiger partial charge in [-0.25, -0.2) is 10.8 Å². The summed E-state index contributed by atoms with van der Waals surface area (Å²) in [6.07, 6.45) is 0. The van der Waals surface area contributed by atoms with Gasteiger partial charge in [-0.15, -0.1) is 0 Å². The van der Waals surface area contributed by atoms with Gasteiger partial charge in [0.25, 0.3) is 0 Å². The van der Waals surface area contributed by atoms with E-state index in [0.717, 1.165) is 0 Å². The summed E-state index contributed by atoms with van der Waals surface area (Å²) in [4.78, 5) is 8.13. The Morgan fingerprint density at radius 3 is 2.87 bits per heavy atom. The topological polar surface area (TPSA) is 82.3 Å². The summed E-state index contributed by atoms with van der Waals surface area (Å²) in [5.74, 6) is 6.88. The lowest BCUT2D eigenvalue weighted by Gasteiger charge is -2.07. The molecule has 0 unspecified atom stereocenters. The van der Waals surface area contributed by atoms with E-state index in [9.17, 15) is 0 Å². The summed E-state index contributed by atoms with van der Waals surface area (Å²) in [6, 6.07) is 1.64. The standard InChI is InChI=1S/C9H16N4O2/c1-3-14-4-5-15-9-6-8(13-10)11-7(2)12-9/h6H,3-5,10H2,1-2H3,(H,11,12,13). The molecule has 3 N–H and O–H groups in total. The van der Waals surface area contributed by atoms with Gasteiger partial charge in [-0.3, -0.25) is 0 Å². The molecular weight excluding hydrogens is 196 g/mol. The van der Waals surface area contributed by atoms with Crippen LogP contribution in [0, 0.1) is 6.92 Å². The molecule has 0 spiro atoms. The van der Waals surface area contributed by atoms with E-state index in [-0.39, 0.29) is 0 Å². The molecule has 1 aromatic rings. The van der Waals surface area contributed by atoms with E-state index in [1.54, 1.807) is 13.0 Å². The number of rotatable bonds is 6. The second-order valence-electron chi connectivity index (χ2n) is 2.83. The summed E-state index contributed by atoms with van der Waals surface area (Å²) < 4.78 is 10.5. The molecule has 84 valence electrons. The third-order valence-corrected chi connectivity index (χ3v) is 1.64. The van der Waals surface area contributed by atoms with E-state index in [1.165, 1.54) is 0 Å². The van der Waals surface area contributed by atoms with Crippen LogP contribution in [-0.2, 0) is 4.74 Å². The van der Waals surface area contributed by atoms with Crippen LogP contribution < -0.4 is 16.0 Å². The average molecular weight is 212 g/mol. The van der Waals surface area contributed by atoms with Crippen molar-refractivity contribution in [1.29, 1.82) is 0 Å². The first-order valence-corrected chi connectivity index (χ1v) is 4.79. The zero-order valence-corrected chi connectivity index (χ0v) is 8.99. The molecule has 6 heteroatoms. The van der Waals surface area contributed by atoms with E-state index in [4.69, 9.17) is 15.3 Å². The van der Waals surface area contributed by atoms with Crippen molar-refractivity contribution < 1.29 is 9.47 Å². The van der Waals surface area contributed by atoms with E-state index in [2.05, 4.69) is 15.4 Å². The van der Waals surface area contributed by atoms with Gasteiger partial charge in [-0.05, 0) is 13.8 Å². The molecule has 0 radical (unpaired) electrons. The molecule has 0 aliphatic carbocycles. The number of nitrogens with one attached hydrogen (secondary N) is 1. The number of hydrogen-bond acceptors (Lipinski definition) is 6. The first-order valence-electron chi connectivity index (χ1n) is 4.79. The lowest BCUT2D eigenvalue weighted by atomic mass is 10.5. The summed E-state index contributed by atoms with van der Waals surface area (Å²) in [7, 11) is 0. The first-order chi connectivity index (χ1) is 7.26. The van der Waals surface area contributed by atoms with Crippen molar-refractivity contribution >= 4 is 5.82 Å². The summed E-state index contributed by atoms with van der Waals surface area (Å²) in [5, 5.41) is 0. The van der Waals surface area contributed by atoms with Crippen LogP contribution in [0.2, 0.25) is 0 Å². The minimum atomic E-state index is 0.467. The van der Waals surface area contributed by atoms with Crippen LogP contribution in [0.15, 0.2) is 6.07 Å². The van der Waals surface area contributed by atoms with Crippen LogP contribution in [0.5, 0.6) is 5.88 Å². The Kier molecular flexibility index (Phi) is 4.79. The van der Waals surface area contributed by atoms with Crippen LogP contribution >= 0.6 is 0 Å². The zero-order chi connectivity index (χ0) is 11.1. The van der Waals surface area contributed by atoms with Crippen molar-refractivity contribution in [1.82, 2.24) is 9.97 Å². The van der Waals surface area contributed by atoms with Crippen molar-refractivity contribution in [2.24, 2.45) is 5.84 Å². The molecule has 0 amide bonds. The molecule has 0 saturated carbocycles. The van der Waals surface area contributed by atoms with Crippen LogP contribution in [-0.4, -0.2) is 29.8 Å². The maximum atomic E-state index is 5.36. The molecule has 0 atom stereocenters. The van der Waals surface area contributed by atoms with Crippen LogP contribution in [0.25, 0.3) is 0 Å². The molecule has 0 saturated heterocycles. The number of ether oxygens (including phenoxy) is 2. The van der Waals surface area contributed by atoms with Crippen molar-refractivity contribution in [3.05, 3.63) is 11.9 Å². The third-order valence-electron chi connectivity index (χ3n) is 1.64.